The largest absolute Gasteiger partial charge is 0.349 e. The monoisotopic (exact) mass is 232 g/mol. The Kier molecular flexibility index (Phi) is 4.41. The van der Waals surface area contributed by atoms with Crippen molar-refractivity contribution in [2.45, 2.75) is 19.9 Å². The summed E-state index contributed by atoms with van der Waals surface area (Å²) in [7, 11) is 0. The van der Waals surface area contributed by atoms with Crippen molar-refractivity contribution < 1.29 is 9.18 Å². The van der Waals surface area contributed by atoms with Crippen LogP contribution in [0.2, 0.25) is 0 Å². The number of hydrogen-bond acceptors (Lipinski definition) is 2. The molecule has 0 radical (unpaired) electrons. The number of amides is 1. The van der Waals surface area contributed by atoms with Crippen LogP contribution in [0.1, 0.15) is 19.4 Å². The number of carbonyl (C=O) groups is 1. The number of carbonyl (C=O) groups excluding carboxylic acids is 1. The topological polar surface area (TPSA) is 52.9 Å². The Morgan fingerprint density at radius 3 is 2.47 bits per heavy atom. The Bertz CT molecular complexity index is 469. The first-order valence-corrected chi connectivity index (χ1v) is 5.21. The molecular formula is C13H13FN2O. The quantitative estimate of drug-likeness (QED) is 0.642. The molecule has 17 heavy (non-hydrogen) atoms. The summed E-state index contributed by atoms with van der Waals surface area (Å²) in [5.74, 6) is -0.779. The van der Waals surface area contributed by atoms with E-state index in [1.165, 1.54) is 30.3 Å². The van der Waals surface area contributed by atoms with Gasteiger partial charge in [0.15, 0.2) is 0 Å². The van der Waals surface area contributed by atoms with E-state index >= 15 is 0 Å². The Morgan fingerprint density at radius 1 is 1.41 bits per heavy atom. The van der Waals surface area contributed by atoms with Crippen LogP contribution in [0.4, 0.5) is 4.39 Å². The van der Waals surface area contributed by atoms with Gasteiger partial charge in [0.1, 0.15) is 17.5 Å². The van der Waals surface area contributed by atoms with Gasteiger partial charge < -0.3 is 5.32 Å². The summed E-state index contributed by atoms with van der Waals surface area (Å²) in [4.78, 5) is 11.6. The van der Waals surface area contributed by atoms with Crippen LogP contribution in [0.25, 0.3) is 6.08 Å². The summed E-state index contributed by atoms with van der Waals surface area (Å²) >= 11 is 0. The van der Waals surface area contributed by atoms with Crippen LogP contribution >= 0.6 is 0 Å². The first-order valence-electron chi connectivity index (χ1n) is 5.21. The minimum absolute atomic E-state index is 0.00491. The van der Waals surface area contributed by atoms with Gasteiger partial charge in [-0.15, -0.1) is 0 Å². The summed E-state index contributed by atoms with van der Waals surface area (Å²) in [5.41, 5.74) is 0.618. The molecule has 0 heterocycles. The Labute approximate surface area is 99.6 Å². The zero-order chi connectivity index (χ0) is 12.8. The van der Waals surface area contributed by atoms with Gasteiger partial charge in [0.25, 0.3) is 5.91 Å². The molecule has 0 saturated heterocycles. The van der Waals surface area contributed by atoms with E-state index in [1.807, 2.05) is 19.9 Å². The highest BCUT2D eigenvalue weighted by atomic mass is 19.1. The van der Waals surface area contributed by atoms with Gasteiger partial charge in [-0.25, -0.2) is 4.39 Å². The van der Waals surface area contributed by atoms with Crippen molar-refractivity contribution in [3.05, 3.63) is 41.2 Å². The van der Waals surface area contributed by atoms with Crippen molar-refractivity contribution in [1.82, 2.24) is 5.32 Å². The molecule has 3 nitrogen and oxygen atoms in total. The molecule has 0 atom stereocenters. The van der Waals surface area contributed by atoms with Gasteiger partial charge in [-0.2, -0.15) is 5.26 Å². The number of nitrogens with one attached hydrogen (secondary N) is 1. The van der Waals surface area contributed by atoms with Gasteiger partial charge in [-0.3, -0.25) is 4.79 Å². The Morgan fingerprint density at radius 2 is 2.00 bits per heavy atom. The first kappa shape index (κ1) is 12.9. The molecule has 4 heteroatoms. The van der Waals surface area contributed by atoms with E-state index in [4.69, 9.17) is 5.26 Å². The third kappa shape index (κ3) is 4.07. The zero-order valence-corrected chi connectivity index (χ0v) is 9.70. The lowest BCUT2D eigenvalue weighted by Gasteiger charge is -2.06. The molecule has 0 aromatic heterocycles. The summed E-state index contributed by atoms with van der Waals surface area (Å²) < 4.78 is 12.7. The minimum atomic E-state index is -0.424. The highest BCUT2D eigenvalue weighted by Gasteiger charge is 2.09. The van der Waals surface area contributed by atoms with Crippen LogP contribution < -0.4 is 5.32 Å². The van der Waals surface area contributed by atoms with E-state index in [-0.39, 0.29) is 17.4 Å². The van der Waals surface area contributed by atoms with E-state index in [0.717, 1.165) is 0 Å². The molecule has 0 aliphatic heterocycles. The first-order chi connectivity index (χ1) is 8.02. The summed E-state index contributed by atoms with van der Waals surface area (Å²) in [6, 6.07) is 7.37. The fourth-order valence-electron chi connectivity index (χ4n) is 1.21. The van der Waals surface area contributed by atoms with E-state index in [9.17, 15) is 9.18 Å². The highest BCUT2D eigenvalue weighted by molar-refractivity contribution is 6.01. The van der Waals surface area contributed by atoms with Crippen LogP contribution in [0, 0.1) is 17.1 Å². The number of nitriles is 1. The van der Waals surface area contributed by atoms with Gasteiger partial charge in [0, 0.05) is 6.04 Å². The average molecular weight is 232 g/mol. The molecule has 1 aromatic rings. The van der Waals surface area contributed by atoms with Crippen molar-refractivity contribution >= 4 is 12.0 Å². The third-order valence-electron chi connectivity index (χ3n) is 1.97. The SMILES string of the molecule is CC(C)NC(=O)/C(C#N)=C/c1ccc(F)cc1. The third-order valence-corrected chi connectivity index (χ3v) is 1.97. The normalized spacial score (nSPS) is 11.1. The van der Waals surface area contributed by atoms with Crippen LogP contribution in [-0.2, 0) is 4.79 Å². The van der Waals surface area contributed by atoms with E-state index in [0.29, 0.717) is 5.56 Å². The number of hydrogen-bond donors (Lipinski definition) is 1. The molecule has 0 aliphatic rings. The maximum atomic E-state index is 12.7. The van der Waals surface area contributed by atoms with Crippen LogP contribution in [0.3, 0.4) is 0 Å². The van der Waals surface area contributed by atoms with Crippen molar-refractivity contribution in [1.29, 1.82) is 5.26 Å². The molecule has 1 amide bonds. The highest BCUT2D eigenvalue weighted by Crippen LogP contribution is 2.08. The van der Waals surface area contributed by atoms with Crippen molar-refractivity contribution in [2.24, 2.45) is 0 Å². The number of rotatable bonds is 3. The van der Waals surface area contributed by atoms with Crippen molar-refractivity contribution in [3.63, 3.8) is 0 Å². The molecule has 0 saturated carbocycles. The van der Waals surface area contributed by atoms with Gasteiger partial charge in [0.2, 0.25) is 0 Å². The molecule has 0 bridgehead atoms. The van der Waals surface area contributed by atoms with Crippen molar-refractivity contribution in [2.75, 3.05) is 0 Å². The molecule has 1 rings (SSSR count). The summed E-state index contributed by atoms with van der Waals surface area (Å²) in [6.45, 7) is 3.62. The van der Waals surface area contributed by atoms with E-state index < -0.39 is 5.91 Å². The predicted octanol–water partition coefficient (Wildman–Crippen LogP) is 2.26. The van der Waals surface area contributed by atoms with Gasteiger partial charge in [-0.05, 0) is 37.6 Å². The standard InChI is InChI=1S/C13H13FN2O/c1-9(2)16-13(17)11(8-15)7-10-3-5-12(14)6-4-10/h3-7,9H,1-2H3,(H,16,17)/b11-7+. The zero-order valence-electron chi connectivity index (χ0n) is 9.70. The number of halogens is 1. The lowest BCUT2D eigenvalue weighted by atomic mass is 10.1. The lowest BCUT2D eigenvalue weighted by Crippen LogP contribution is -2.30. The summed E-state index contributed by atoms with van der Waals surface area (Å²) in [6.07, 6.45) is 1.43. The number of benzene rings is 1. The molecule has 0 aliphatic carbocycles. The number of nitrogens with zero attached hydrogens (tertiary/aromatic N) is 1. The molecule has 1 aromatic carbocycles. The second kappa shape index (κ2) is 5.80. The van der Waals surface area contributed by atoms with Crippen molar-refractivity contribution in [3.8, 4) is 6.07 Å². The van der Waals surface area contributed by atoms with Gasteiger partial charge in [0.05, 0.1) is 0 Å². The Hall–Kier alpha value is -2.15. The van der Waals surface area contributed by atoms with Crippen LogP contribution in [-0.4, -0.2) is 11.9 Å². The molecule has 0 fully saturated rings. The maximum Gasteiger partial charge on any atom is 0.262 e. The lowest BCUT2D eigenvalue weighted by molar-refractivity contribution is -0.117. The fourth-order valence-corrected chi connectivity index (χ4v) is 1.21. The second-order valence-electron chi connectivity index (χ2n) is 3.85. The molecule has 88 valence electrons. The van der Waals surface area contributed by atoms with Gasteiger partial charge >= 0.3 is 0 Å². The Balaban J connectivity index is 2.91. The van der Waals surface area contributed by atoms with Crippen LogP contribution in [0.5, 0.6) is 0 Å². The maximum absolute atomic E-state index is 12.7. The minimum Gasteiger partial charge on any atom is -0.349 e. The van der Waals surface area contributed by atoms with Gasteiger partial charge in [-0.1, -0.05) is 12.1 Å². The second-order valence-corrected chi connectivity index (χ2v) is 3.85. The summed E-state index contributed by atoms with van der Waals surface area (Å²) in [5, 5.41) is 11.5. The van der Waals surface area contributed by atoms with E-state index in [2.05, 4.69) is 5.32 Å². The smallest absolute Gasteiger partial charge is 0.262 e. The average Bonchev–Trinajstić information content (AvgIpc) is 2.27. The molecule has 1 N–H and O–H groups in total. The predicted molar refractivity (Wildman–Crippen MR) is 63.3 cm³/mol. The fraction of sp³-hybridized carbons (Fsp3) is 0.231. The van der Waals surface area contributed by atoms with Crippen LogP contribution in [0.15, 0.2) is 29.8 Å². The molecule has 0 spiro atoms. The van der Waals surface area contributed by atoms with E-state index in [1.54, 1.807) is 0 Å². The molecular weight excluding hydrogens is 219 g/mol. The molecule has 0 unspecified atom stereocenters.